The normalized spacial score (nSPS) is 13.0. The van der Waals surface area contributed by atoms with Crippen LogP contribution in [0.2, 0.25) is 0 Å². The fraction of sp³-hybridized carbons (Fsp3) is 0.586. The number of Topliss-reactive ketones (excluding diaryl/α,β-unsaturated/α-hetero) is 3. The van der Waals surface area contributed by atoms with Crippen LogP contribution in [0.4, 0.5) is 4.39 Å². The van der Waals surface area contributed by atoms with Gasteiger partial charge < -0.3 is 82.9 Å². The molecular weight excluding hydrogens is 1350 g/mol. The number of benzene rings is 3. The van der Waals surface area contributed by atoms with Crippen molar-refractivity contribution in [3.63, 3.8) is 0 Å². The van der Waals surface area contributed by atoms with Gasteiger partial charge in [0.05, 0.1) is 136 Å². The molecule has 5 atom stereocenters. The number of primary amides is 1. The zero-order valence-corrected chi connectivity index (χ0v) is 59.0. The quantitative estimate of drug-likeness (QED) is 0.0236. The van der Waals surface area contributed by atoms with Crippen LogP contribution in [0.5, 0.6) is 5.75 Å². The highest BCUT2D eigenvalue weighted by molar-refractivity contribution is 7.89. The van der Waals surface area contributed by atoms with Gasteiger partial charge in [0, 0.05) is 93.2 Å². The number of aromatic nitrogens is 1. The maximum atomic E-state index is 14.8. The lowest BCUT2D eigenvalue weighted by Gasteiger charge is -2.24. The monoisotopic (exact) mass is 1450 g/mol. The molecule has 1 aromatic heterocycles. The van der Waals surface area contributed by atoms with E-state index in [0.717, 1.165) is 6.07 Å². The van der Waals surface area contributed by atoms with Crippen molar-refractivity contribution >= 4 is 73.9 Å². The fourth-order valence-corrected chi connectivity index (χ4v) is 11.2. The molecule has 4 rings (SSSR count). The van der Waals surface area contributed by atoms with Gasteiger partial charge in [-0.25, -0.2) is 17.5 Å². The van der Waals surface area contributed by atoms with E-state index in [1.165, 1.54) is 49.6 Å². The predicted octanol–water partition coefficient (Wildman–Crippen LogP) is 4.05. The number of carbonyl (C=O) groups excluding carboxylic acids is 9. The Labute approximate surface area is 589 Å². The molecule has 0 unspecified atom stereocenters. The SMILES string of the molecule is CCOCCOCCOCCOC(=O)CC[C@H](CC(=O)[C@H](Cc1c[nH]c2ccccc12)NC(=O)[C@@H](CC(=O)CNC(=O)[C@H](CCC(=O)OCCOCCOCCOCC)CC(=O)[C@@H](CC(=O)OCCOCCOCCOCC)NS(=O)(=O)c1ccc(OC)cc1)Cc1cccc(F)c1)C(N)=O. The summed E-state index contributed by atoms with van der Waals surface area (Å²) in [5.41, 5.74) is 7.38. The van der Waals surface area contributed by atoms with E-state index < -0.39 is 144 Å². The molecule has 0 fully saturated rings. The molecule has 0 spiro atoms. The van der Waals surface area contributed by atoms with Crippen LogP contribution in [0, 0.1) is 23.6 Å². The van der Waals surface area contributed by atoms with Crippen LogP contribution < -0.4 is 25.8 Å². The van der Waals surface area contributed by atoms with Crippen LogP contribution in [-0.4, -0.2) is 231 Å². The molecule has 0 radical (unpaired) electrons. The van der Waals surface area contributed by atoms with E-state index in [4.69, 9.17) is 67.3 Å². The minimum atomic E-state index is -4.59. The summed E-state index contributed by atoms with van der Waals surface area (Å²) < 4.78 is 114. The highest BCUT2D eigenvalue weighted by Crippen LogP contribution is 2.24. The third kappa shape index (κ3) is 36.2. The van der Waals surface area contributed by atoms with Gasteiger partial charge in [0.25, 0.3) is 0 Å². The lowest BCUT2D eigenvalue weighted by molar-refractivity contribution is -0.147. The number of methoxy groups -OCH3 is 1. The van der Waals surface area contributed by atoms with Gasteiger partial charge in [-0.3, -0.25) is 43.2 Å². The molecule has 1 heterocycles. The number of hydrogen-bond donors (Lipinski definition) is 5. The maximum Gasteiger partial charge on any atom is 0.307 e. The van der Waals surface area contributed by atoms with Gasteiger partial charge in [0.2, 0.25) is 27.7 Å². The van der Waals surface area contributed by atoms with Crippen molar-refractivity contribution in [2.45, 2.75) is 102 Å². The zero-order valence-electron chi connectivity index (χ0n) is 58.2. The number of aromatic amines is 1. The molecule has 4 aromatic rings. The molecule has 0 aliphatic rings. The Hall–Kier alpha value is -7.69. The molecule has 0 aliphatic carbocycles. The second kappa shape index (κ2) is 50.6. The van der Waals surface area contributed by atoms with Crippen LogP contribution in [-0.2, 0) is 123 Å². The summed E-state index contributed by atoms with van der Waals surface area (Å²) in [7, 11) is -3.22. The number of ether oxygens (including phenoxy) is 13. The van der Waals surface area contributed by atoms with Crippen molar-refractivity contribution in [2.24, 2.45) is 23.5 Å². The number of sulfonamides is 1. The van der Waals surface area contributed by atoms with E-state index in [1.807, 2.05) is 20.8 Å². The minimum absolute atomic E-state index is 0.0205. The van der Waals surface area contributed by atoms with Gasteiger partial charge in [-0.15, -0.1) is 0 Å². The Bertz CT molecular complexity index is 3250. The smallest absolute Gasteiger partial charge is 0.307 e. The molecule has 562 valence electrons. The van der Waals surface area contributed by atoms with Crippen LogP contribution in [0.15, 0.2) is 83.9 Å². The third-order valence-corrected chi connectivity index (χ3v) is 16.8. The first-order chi connectivity index (χ1) is 48.8. The van der Waals surface area contributed by atoms with Crippen LogP contribution in [0.3, 0.4) is 0 Å². The van der Waals surface area contributed by atoms with E-state index in [9.17, 15) is 56.0 Å². The number of ketones is 3. The number of halogens is 1. The van der Waals surface area contributed by atoms with Crippen molar-refractivity contribution in [2.75, 3.05) is 152 Å². The minimum Gasteiger partial charge on any atom is -0.497 e. The van der Waals surface area contributed by atoms with Crippen LogP contribution >= 0.6 is 0 Å². The second-order valence-electron chi connectivity index (χ2n) is 22.8. The first kappa shape index (κ1) is 85.7. The molecule has 0 aliphatic heterocycles. The van der Waals surface area contributed by atoms with Gasteiger partial charge in [0.1, 0.15) is 31.4 Å². The number of amides is 3. The molecule has 31 heteroatoms. The van der Waals surface area contributed by atoms with Crippen molar-refractivity contribution in [1.29, 1.82) is 0 Å². The Morgan fingerprint density at radius 2 is 1.00 bits per heavy atom. The Kier molecular flexibility index (Phi) is 43.0. The zero-order chi connectivity index (χ0) is 73.5. The average molecular weight is 1450 g/mol. The highest BCUT2D eigenvalue weighted by atomic mass is 32.2. The molecule has 0 saturated carbocycles. The standard InChI is InChI=1S/C70H100FN5O24S/c1-5-89-23-26-92-29-32-95-35-38-98-65(80)21-15-51(68(72)83)45-63(78)61(44-54-48-73-60-14-9-8-13-59(54)60)75-70(85)53(41-50-11-10-12-55(71)42-50)43-56(77)49-74-69(84)52(16-22-66(81)99-39-36-96-33-30-93-27-24-90-6-2)46-64(79)62(76-101(86,87)58-19-17-57(88-4)18-20-58)47-67(82)100-40-37-97-34-31-94-28-25-91-7-3/h8-14,17-20,42,48,51-53,61-62,73,76H,5-7,15-16,21-41,43-47,49H2,1-4H3,(H2,72,83)(H,74,84)(H,75,85)/t51-,52-,53-,61+,62-/m1/s1. The number of nitrogens with two attached hydrogens (primary N) is 1. The van der Waals surface area contributed by atoms with E-state index in [2.05, 4.69) is 20.3 Å². The Morgan fingerprint density at radius 1 is 0.515 bits per heavy atom. The van der Waals surface area contributed by atoms with Crippen molar-refractivity contribution < 1.29 is 118 Å². The van der Waals surface area contributed by atoms with Gasteiger partial charge in [-0.2, -0.15) is 0 Å². The molecule has 3 amide bonds. The molecular formula is C70H100FN5O24S. The topological polar surface area (TPSA) is 386 Å². The van der Waals surface area contributed by atoms with E-state index in [-0.39, 0.29) is 109 Å². The first-order valence-electron chi connectivity index (χ1n) is 33.8. The number of rotatable bonds is 60. The number of H-pyrrole nitrogens is 1. The van der Waals surface area contributed by atoms with Gasteiger partial charge in [0.15, 0.2) is 17.3 Å². The summed E-state index contributed by atoms with van der Waals surface area (Å²) in [6.07, 6.45) is -2.94. The van der Waals surface area contributed by atoms with Crippen LogP contribution in [0.25, 0.3) is 10.9 Å². The number of fused-ring (bicyclic) bond motifs is 1. The van der Waals surface area contributed by atoms with E-state index in [1.54, 1.807) is 30.5 Å². The molecule has 0 bridgehead atoms. The molecule has 3 aromatic carbocycles. The Morgan fingerprint density at radius 3 is 1.51 bits per heavy atom. The molecule has 29 nitrogen and oxygen atoms in total. The number of nitrogens with one attached hydrogen (secondary N) is 4. The summed E-state index contributed by atoms with van der Waals surface area (Å²) in [5.74, 6) is -12.0. The lowest BCUT2D eigenvalue weighted by Crippen LogP contribution is -2.47. The molecule has 101 heavy (non-hydrogen) atoms. The van der Waals surface area contributed by atoms with Gasteiger partial charge in [-0.1, -0.05) is 30.3 Å². The predicted molar refractivity (Wildman–Crippen MR) is 363 cm³/mol. The number of carbonyl (C=O) groups is 9. The summed E-state index contributed by atoms with van der Waals surface area (Å²) in [4.78, 5) is 128. The largest absolute Gasteiger partial charge is 0.497 e. The maximum absolute atomic E-state index is 14.8. The van der Waals surface area contributed by atoms with Crippen molar-refractivity contribution in [3.05, 3.63) is 95.9 Å². The molecule has 0 saturated heterocycles. The van der Waals surface area contributed by atoms with Crippen LogP contribution in [0.1, 0.15) is 83.3 Å². The molecule has 6 N–H and O–H groups in total. The third-order valence-electron chi connectivity index (χ3n) is 15.3. The van der Waals surface area contributed by atoms with Crippen molar-refractivity contribution in [3.8, 4) is 5.75 Å². The summed E-state index contributed by atoms with van der Waals surface area (Å²) in [5, 5.41) is 5.97. The van der Waals surface area contributed by atoms with Gasteiger partial charge >= 0.3 is 17.9 Å². The fourth-order valence-electron chi connectivity index (χ4n) is 9.96. The lowest BCUT2D eigenvalue weighted by atomic mass is 9.89. The highest BCUT2D eigenvalue weighted by Gasteiger charge is 2.35. The number of esters is 3. The first-order valence-corrected chi connectivity index (χ1v) is 35.3. The summed E-state index contributed by atoms with van der Waals surface area (Å²) in [6.45, 7) is 9.47. The number of hydrogen-bond acceptors (Lipinski definition) is 24. The number of para-hydroxylation sites is 1. The van der Waals surface area contributed by atoms with E-state index >= 15 is 0 Å². The van der Waals surface area contributed by atoms with E-state index in [0.29, 0.717) is 88.3 Å². The van der Waals surface area contributed by atoms with Gasteiger partial charge in [-0.05, 0) is 93.6 Å². The Balaban J connectivity index is 1.55. The summed E-state index contributed by atoms with van der Waals surface area (Å²) in [6, 6.07) is 14.3. The average Bonchev–Trinajstić information content (AvgIpc) is 1.18. The van der Waals surface area contributed by atoms with Crippen molar-refractivity contribution in [1.82, 2.24) is 20.3 Å². The summed E-state index contributed by atoms with van der Waals surface area (Å²) >= 11 is 0. The second-order valence-corrected chi connectivity index (χ2v) is 24.5.